The molecule has 3 heterocycles. The molecule has 3 saturated heterocycles. The van der Waals surface area contributed by atoms with Crippen molar-refractivity contribution >= 4 is 0 Å². The Balaban J connectivity index is 1.85. The summed E-state index contributed by atoms with van der Waals surface area (Å²) >= 11 is 0. The highest BCUT2D eigenvalue weighted by Gasteiger charge is 2.61. The van der Waals surface area contributed by atoms with Crippen LogP contribution in [0.4, 0.5) is 26.3 Å². The maximum Gasteiger partial charge on any atom is 0.421 e. The van der Waals surface area contributed by atoms with Crippen LogP contribution in [0.1, 0.15) is 45.4 Å². The van der Waals surface area contributed by atoms with E-state index in [-0.39, 0.29) is 32.1 Å². The lowest BCUT2D eigenvalue weighted by Gasteiger charge is -2.41. The largest absolute Gasteiger partial charge is 0.421 e. The Hall–Kier alpha value is -0.700. The van der Waals surface area contributed by atoms with Gasteiger partial charge in [0.2, 0.25) is 5.60 Å². The van der Waals surface area contributed by atoms with E-state index in [2.05, 4.69) is 16.2 Å². The maximum absolute atomic E-state index is 13.6. The van der Waals surface area contributed by atoms with Gasteiger partial charge >= 0.3 is 12.4 Å². The Kier molecular flexibility index (Phi) is 6.93. The number of rotatable bonds is 0. The average Bonchev–Trinajstić information content (AvgIpc) is 3.09. The minimum absolute atomic E-state index is 0.0302. The van der Waals surface area contributed by atoms with Gasteiger partial charge in [-0.3, -0.25) is 5.32 Å². The summed E-state index contributed by atoms with van der Waals surface area (Å²) in [6.45, 7) is 1.50. The number of halogens is 6. The minimum Gasteiger partial charge on any atom is -0.393 e. The second kappa shape index (κ2) is 8.68. The van der Waals surface area contributed by atoms with Gasteiger partial charge in [0, 0.05) is 0 Å². The van der Waals surface area contributed by atoms with Crippen LogP contribution in [0.5, 0.6) is 0 Å². The summed E-state index contributed by atoms with van der Waals surface area (Å²) in [5.41, 5.74) is 1.55. The first kappa shape index (κ1) is 24.0. The van der Waals surface area contributed by atoms with Crippen molar-refractivity contribution < 1.29 is 46.0 Å². The summed E-state index contributed by atoms with van der Waals surface area (Å²) in [5.74, 6) is -1.81. The standard InChI is InChI=1S/C17H27F6N3O4/c1-8-7-9(27)3-2-6-15(28,17(21,22)23)14-26-25-13(30-14)11-5-4-10(16(18,19)20)12(24-11)29-8/h8-14,24-28H,2-7H2,1H3/t8-,9?,10?,11?,12?,13?,14?,15-/m1/s1. The molecule has 0 amide bonds. The highest BCUT2D eigenvalue weighted by atomic mass is 19.4. The molecule has 0 spiro atoms. The molecular formula is C17H27F6N3O4. The number of alkyl halides is 6. The molecule has 176 valence electrons. The molecule has 3 fully saturated rings. The van der Waals surface area contributed by atoms with E-state index in [1.165, 1.54) is 6.92 Å². The lowest BCUT2D eigenvalue weighted by atomic mass is 9.90. The highest BCUT2D eigenvalue weighted by molar-refractivity contribution is 4.98. The number of fused-ring (bicyclic) bond motifs is 5. The molecule has 8 atom stereocenters. The zero-order valence-corrected chi connectivity index (χ0v) is 16.3. The van der Waals surface area contributed by atoms with Crippen LogP contribution in [-0.2, 0) is 9.47 Å². The summed E-state index contributed by atoms with van der Waals surface area (Å²) in [5, 5.41) is 23.2. The van der Waals surface area contributed by atoms with Crippen LogP contribution in [0.3, 0.4) is 0 Å². The summed E-state index contributed by atoms with van der Waals surface area (Å²) in [4.78, 5) is 0. The summed E-state index contributed by atoms with van der Waals surface area (Å²) < 4.78 is 92.1. The van der Waals surface area contributed by atoms with Crippen LogP contribution in [0.15, 0.2) is 0 Å². The molecule has 30 heavy (non-hydrogen) atoms. The van der Waals surface area contributed by atoms with Crippen molar-refractivity contribution in [3.05, 3.63) is 0 Å². The Morgan fingerprint density at radius 3 is 2.30 bits per heavy atom. The Labute approximate surface area is 169 Å². The van der Waals surface area contributed by atoms with E-state index in [0.717, 1.165) is 0 Å². The predicted octanol–water partition coefficient (Wildman–Crippen LogP) is 1.65. The third-order valence-electron chi connectivity index (χ3n) is 5.96. The fourth-order valence-electron chi connectivity index (χ4n) is 4.26. The van der Waals surface area contributed by atoms with Crippen molar-refractivity contribution in [2.75, 3.05) is 0 Å². The molecule has 7 nitrogen and oxygen atoms in total. The zero-order valence-electron chi connectivity index (χ0n) is 16.3. The third-order valence-corrected chi connectivity index (χ3v) is 5.96. The van der Waals surface area contributed by atoms with E-state index in [4.69, 9.17) is 9.47 Å². The quantitative estimate of drug-likeness (QED) is 0.358. The molecular weight excluding hydrogens is 424 g/mol. The fraction of sp³-hybridized carbons (Fsp3) is 1.00. The van der Waals surface area contributed by atoms with Gasteiger partial charge in [-0.05, 0) is 45.4 Å². The van der Waals surface area contributed by atoms with Gasteiger partial charge in [-0.25, -0.2) is 10.9 Å². The second-order valence-corrected chi connectivity index (χ2v) is 8.30. The SMILES string of the molecule is C[C@@H]1CC(O)CCC[C@](O)(C(F)(F)F)C2NNC(O2)C2CCC(C(F)(F)F)C(N2)O1. The normalized spacial score (nSPS) is 44.5. The third kappa shape index (κ3) is 5.03. The molecule has 0 aromatic rings. The van der Waals surface area contributed by atoms with Crippen molar-refractivity contribution in [3.8, 4) is 0 Å². The predicted molar refractivity (Wildman–Crippen MR) is 90.4 cm³/mol. The molecule has 0 aromatic heterocycles. The van der Waals surface area contributed by atoms with Crippen LogP contribution >= 0.6 is 0 Å². The first-order valence-electron chi connectivity index (χ1n) is 9.93. The fourth-order valence-corrected chi connectivity index (χ4v) is 4.26. The second-order valence-electron chi connectivity index (χ2n) is 8.30. The lowest BCUT2D eigenvalue weighted by molar-refractivity contribution is -0.301. The maximum atomic E-state index is 13.6. The van der Waals surface area contributed by atoms with Crippen LogP contribution in [0.2, 0.25) is 0 Å². The first-order chi connectivity index (χ1) is 13.8. The number of nitrogens with one attached hydrogen (secondary N) is 3. The van der Waals surface area contributed by atoms with Gasteiger partial charge in [-0.1, -0.05) is 0 Å². The van der Waals surface area contributed by atoms with Crippen molar-refractivity contribution in [2.45, 2.75) is 100 Å². The zero-order chi connectivity index (χ0) is 22.3. The first-order valence-corrected chi connectivity index (χ1v) is 9.93. The summed E-state index contributed by atoms with van der Waals surface area (Å²) in [6, 6.07) is -0.788. The number of ether oxygens (including phenoxy) is 2. The molecule has 6 unspecified atom stereocenters. The topological polar surface area (TPSA) is 95.0 Å². The Morgan fingerprint density at radius 2 is 1.67 bits per heavy atom. The lowest BCUT2D eigenvalue weighted by Crippen LogP contribution is -2.60. The molecule has 3 rings (SSSR count). The van der Waals surface area contributed by atoms with Crippen LogP contribution in [0.25, 0.3) is 0 Å². The van der Waals surface area contributed by atoms with Gasteiger partial charge in [0.15, 0.2) is 6.23 Å². The van der Waals surface area contributed by atoms with E-state index in [1.54, 1.807) is 0 Å². The van der Waals surface area contributed by atoms with E-state index in [0.29, 0.717) is 0 Å². The molecule has 13 heteroatoms. The van der Waals surface area contributed by atoms with Gasteiger partial charge in [-0.2, -0.15) is 26.3 Å². The minimum atomic E-state index is -5.02. The van der Waals surface area contributed by atoms with E-state index >= 15 is 0 Å². The highest BCUT2D eigenvalue weighted by Crippen LogP contribution is 2.41. The summed E-state index contributed by atoms with van der Waals surface area (Å²) in [7, 11) is 0. The van der Waals surface area contributed by atoms with E-state index in [1.807, 2.05) is 0 Å². The molecule has 0 radical (unpaired) electrons. The molecule has 3 aliphatic rings. The van der Waals surface area contributed by atoms with Crippen LogP contribution in [0, 0.1) is 5.92 Å². The monoisotopic (exact) mass is 451 g/mol. The molecule has 0 aromatic carbocycles. The summed E-state index contributed by atoms with van der Waals surface area (Å²) in [6.07, 6.45) is -17.2. The van der Waals surface area contributed by atoms with Crippen molar-refractivity contribution in [1.29, 1.82) is 0 Å². The van der Waals surface area contributed by atoms with Crippen LogP contribution < -0.4 is 16.2 Å². The van der Waals surface area contributed by atoms with E-state index < -0.39 is 67.2 Å². The smallest absolute Gasteiger partial charge is 0.393 e. The average molecular weight is 451 g/mol. The molecule has 3 aliphatic heterocycles. The molecule has 5 N–H and O–H groups in total. The molecule has 0 aliphatic carbocycles. The number of aliphatic hydroxyl groups is 2. The number of piperidine rings is 1. The van der Waals surface area contributed by atoms with Gasteiger partial charge in [0.25, 0.3) is 0 Å². The Morgan fingerprint density at radius 1 is 0.967 bits per heavy atom. The number of aliphatic hydroxyl groups excluding tert-OH is 1. The van der Waals surface area contributed by atoms with Crippen molar-refractivity contribution in [2.24, 2.45) is 5.92 Å². The van der Waals surface area contributed by atoms with E-state index in [9.17, 15) is 36.6 Å². The molecule has 0 saturated carbocycles. The van der Waals surface area contributed by atoms with Crippen molar-refractivity contribution in [3.63, 3.8) is 0 Å². The van der Waals surface area contributed by atoms with Crippen LogP contribution in [-0.4, -0.2) is 65.1 Å². The van der Waals surface area contributed by atoms with Gasteiger partial charge in [0.05, 0.1) is 24.2 Å². The number of hydrogen-bond acceptors (Lipinski definition) is 7. The van der Waals surface area contributed by atoms with Crippen molar-refractivity contribution in [1.82, 2.24) is 16.2 Å². The van der Waals surface area contributed by atoms with Gasteiger partial charge < -0.3 is 19.7 Å². The van der Waals surface area contributed by atoms with Gasteiger partial charge in [-0.15, -0.1) is 0 Å². The number of hydrazine groups is 1. The Bertz CT molecular complexity index is 595. The molecule has 4 bridgehead atoms. The number of hydrogen-bond donors (Lipinski definition) is 5. The van der Waals surface area contributed by atoms with Gasteiger partial charge in [0.1, 0.15) is 12.5 Å².